The molecule has 0 aromatic carbocycles. The van der Waals surface area contributed by atoms with E-state index in [0.29, 0.717) is 13.0 Å². The first-order valence-corrected chi connectivity index (χ1v) is 6.72. The molecule has 0 radical (unpaired) electrons. The Balaban J connectivity index is 2.04. The Bertz CT molecular complexity index is 474. The third-order valence-corrected chi connectivity index (χ3v) is 3.20. The molecule has 1 saturated heterocycles. The van der Waals surface area contributed by atoms with Crippen molar-refractivity contribution in [2.75, 3.05) is 23.7 Å². The second-order valence-corrected chi connectivity index (χ2v) is 4.81. The first kappa shape index (κ1) is 13.6. The summed E-state index contributed by atoms with van der Waals surface area (Å²) >= 11 is 0. The second kappa shape index (κ2) is 5.86. The molecule has 1 fully saturated rings. The smallest absolute Gasteiger partial charge is 0.220 e. The minimum atomic E-state index is 0.135. The second-order valence-electron chi connectivity index (χ2n) is 4.81. The summed E-state index contributed by atoms with van der Waals surface area (Å²) in [5, 5.41) is 9.48. The van der Waals surface area contributed by atoms with Gasteiger partial charge < -0.3 is 16.0 Å². The average molecular weight is 263 g/mol. The van der Waals surface area contributed by atoms with Gasteiger partial charge in [-0.15, -0.1) is 0 Å². The fourth-order valence-corrected chi connectivity index (χ4v) is 2.19. The largest absolute Gasteiger partial charge is 0.370 e. The first-order chi connectivity index (χ1) is 9.10. The molecule has 6 heteroatoms. The highest BCUT2D eigenvalue weighted by atomic mass is 16.1. The minimum absolute atomic E-state index is 0.135. The predicted molar refractivity (Wildman–Crippen MR) is 75.3 cm³/mol. The van der Waals surface area contributed by atoms with Gasteiger partial charge in [0.1, 0.15) is 17.5 Å². The van der Waals surface area contributed by atoms with Crippen LogP contribution in [0.15, 0.2) is 0 Å². The van der Waals surface area contributed by atoms with Crippen molar-refractivity contribution in [3.63, 3.8) is 0 Å². The van der Waals surface area contributed by atoms with Crippen LogP contribution in [0.5, 0.6) is 0 Å². The van der Waals surface area contributed by atoms with E-state index in [-0.39, 0.29) is 11.9 Å². The average Bonchev–Trinajstić information content (AvgIpc) is 2.78. The number of amides is 1. The Kier molecular flexibility index (Phi) is 4.19. The zero-order valence-electron chi connectivity index (χ0n) is 11.7. The van der Waals surface area contributed by atoms with Crippen LogP contribution < -0.4 is 16.0 Å². The quantitative estimate of drug-likeness (QED) is 0.744. The number of hydrogen-bond acceptors (Lipinski definition) is 5. The van der Waals surface area contributed by atoms with Crippen molar-refractivity contribution in [2.45, 2.75) is 39.7 Å². The van der Waals surface area contributed by atoms with E-state index >= 15 is 0 Å². The maximum Gasteiger partial charge on any atom is 0.220 e. The lowest BCUT2D eigenvalue weighted by Gasteiger charge is -2.16. The fraction of sp³-hybridized carbons (Fsp3) is 0.615. The summed E-state index contributed by atoms with van der Waals surface area (Å²) in [6.07, 6.45) is 1.51. The Hall–Kier alpha value is -1.85. The van der Waals surface area contributed by atoms with Gasteiger partial charge in [-0.3, -0.25) is 4.79 Å². The molecule has 1 aromatic heterocycles. The monoisotopic (exact) mass is 263 g/mol. The van der Waals surface area contributed by atoms with E-state index in [1.807, 2.05) is 20.8 Å². The number of anilines is 2. The molecule has 19 heavy (non-hydrogen) atoms. The predicted octanol–water partition coefficient (Wildman–Crippen LogP) is 1.22. The molecule has 1 aliphatic rings. The van der Waals surface area contributed by atoms with Crippen LogP contribution in [0.2, 0.25) is 0 Å². The van der Waals surface area contributed by atoms with Gasteiger partial charge in [0.25, 0.3) is 0 Å². The Labute approximate surface area is 113 Å². The van der Waals surface area contributed by atoms with Crippen LogP contribution >= 0.6 is 0 Å². The number of carbonyl (C=O) groups excluding carboxylic acids is 1. The molecular weight excluding hydrogens is 242 g/mol. The Morgan fingerprint density at radius 1 is 1.26 bits per heavy atom. The number of rotatable bonds is 5. The zero-order chi connectivity index (χ0) is 13.8. The molecule has 1 atom stereocenters. The van der Waals surface area contributed by atoms with E-state index in [1.54, 1.807) is 0 Å². The van der Waals surface area contributed by atoms with Crippen LogP contribution in [0.3, 0.4) is 0 Å². The molecule has 0 bridgehead atoms. The van der Waals surface area contributed by atoms with Crippen molar-refractivity contribution < 1.29 is 4.79 Å². The normalized spacial score (nSPS) is 18.3. The van der Waals surface area contributed by atoms with E-state index < -0.39 is 0 Å². The van der Waals surface area contributed by atoms with Crippen LogP contribution in [-0.2, 0) is 4.79 Å². The first-order valence-electron chi connectivity index (χ1n) is 6.72. The molecule has 1 amide bonds. The van der Waals surface area contributed by atoms with Gasteiger partial charge in [-0.1, -0.05) is 0 Å². The maximum atomic E-state index is 11.2. The van der Waals surface area contributed by atoms with E-state index in [2.05, 4.69) is 25.9 Å². The molecule has 1 aromatic rings. The van der Waals surface area contributed by atoms with Gasteiger partial charge in [0.2, 0.25) is 5.91 Å². The van der Waals surface area contributed by atoms with Crippen LogP contribution in [0.1, 0.15) is 31.2 Å². The van der Waals surface area contributed by atoms with Crippen LogP contribution in [0.4, 0.5) is 11.6 Å². The van der Waals surface area contributed by atoms with Crippen LogP contribution in [-0.4, -0.2) is 35.0 Å². The molecular formula is C13H21N5O. The topological polar surface area (TPSA) is 78.9 Å². The molecule has 6 nitrogen and oxygen atoms in total. The molecule has 3 N–H and O–H groups in total. The summed E-state index contributed by atoms with van der Waals surface area (Å²) in [5.74, 6) is 2.58. The lowest BCUT2D eigenvalue weighted by Crippen LogP contribution is -2.32. The van der Waals surface area contributed by atoms with Crippen LogP contribution in [0, 0.1) is 13.8 Å². The van der Waals surface area contributed by atoms with Gasteiger partial charge in [0.05, 0.1) is 0 Å². The van der Waals surface area contributed by atoms with E-state index in [4.69, 9.17) is 0 Å². The summed E-state index contributed by atoms with van der Waals surface area (Å²) in [6.45, 7) is 7.44. The molecule has 1 aliphatic heterocycles. The molecule has 2 heterocycles. The number of hydrogen-bond donors (Lipinski definition) is 3. The van der Waals surface area contributed by atoms with Gasteiger partial charge in [0.15, 0.2) is 0 Å². The number of nitrogens with one attached hydrogen (secondary N) is 3. The van der Waals surface area contributed by atoms with Gasteiger partial charge in [0, 0.05) is 31.1 Å². The van der Waals surface area contributed by atoms with E-state index in [1.165, 1.54) is 0 Å². The summed E-state index contributed by atoms with van der Waals surface area (Å²) in [4.78, 5) is 20.0. The van der Waals surface area contributed by atoms with Crippen LogP contribution in [0.25, 0.3) is 0 Å². The van der Waals surface area contributed by atoms with Crippen molar-refractivity contribution in [3.05, 3.63) is 11.4 Å². The third-order valence-electron chi connectivity index (χ3n) is 3.20. The van der Waals surface area contributed by atoms with E-state index in [9.17, 15) is 4.79 Å². The van der Waals surface area contributed by atoms with Gasteiger partial charge >= 0.3 is 0 Å². The highest BCUT2D eigenvalue weighted by Gasteiger charge is 2.20. The highest BCUT2D eigenvalue weighted by Crippen LogP contribution is 2.20. The van der Waals surface area contributed by atoms with Crippen molar-refractivity contribution in [2.24, 2.45) is 0 Å². The van der Waals surface area contributed by atoms with Crippen molar-refractivity contribution >= 4 is 17.5 Å². The molecule has 2 rings (SSSR count). The Morgan fingerprint density at radius 3 is 2.53 bits per heavy atom. The minimum Gasteiger partial charge on any atom is -0.370 e. The van der Waals surface area contributed by atoms with Crippen molar-refractivity contribution in [1.82, 2.24) is 15.3 Å². The highest BCUT2D eigenvalue weighted by molar-refractivity contribution is 5.78. The molecule has 0 saturated carbocycles. The lowest BCUT2D eigenvalue weighted by molar-refractivity contribution is -0.119. The molecule has 104 valence electrons. The fourth-order valence-electron chi connectivity index (χ4n) is 2.19. The standard InChI is InChI=1S/C13H21N5O/c1-4-14-12-8(2)13(17-9(3)16-12)15-7-10-5-6-11(19)18-10/h10H,4-7H2,1-3H3,(H,18,19)(H2,14,15,16,17). The van der Waals surface area contributed by atoms with E-state index in [0.717, 1.165) is 36.0 Å². The summed E-state index contributed by atoms with van der Waals surface area (Å²) in [6, 6.07) is 0.199. The van der Waals surface area contributed by atoms with Gasteiger partial charge in [-0.2, -0.15) is 0 Å². The SMILES string of the molecule is CCNc1nc(C)nc(NCC2CCC(=O)N2)c1C. The zero-order valence-corrected chi connectivity index (χ0v) is 11.7. The number of nitrogens with zero attached hydrogens (tertiary/aromatic N) is 2. The Morgan fingerprint density at radius 2 is 1.95 bits per heavy atom. The van der Waals surface area contributed by atoms with Gasteiger partial charge in [-0.05, 0) is 27.2 Å². The number of aryl methyl sites for hydroxylation is 1. The third kappa shape index (κ3) is 3.33. The maximum absolute atomic E-state index is 11.2. The lowest BCUT2D eigenvalue weighted by atomic mass is 10.2. The number of carbonyl (C=O) groups is 1. The molecule has 0 aliphatic carbocycles. The van der Waals surface area contributed by atoms with Crippen molar-refractivity contribution in [1.29, 1.82) is 0 Å². The van der Waals surface area contributed by atoms with Gasteiger partial charge in [-0.25, -0.2) is 9.97 Å². The molecule has 0 spiro atoms. The summed E-state index contributed by atoms with van der Waals surface area (Å²) in [7, 11) is 0. The number of aromatic nitrogens is 2. The summed E-state index contributed by atoms with van der Waals surface area (Å²) < 4.78 is 0. The van der Waals surface area contributed by atoms with Crippen molar-refractivity contribution in [3.8, 4) is 0 Å². The summed E-state index contributed by atoms with van der Waals surface area (Å²) in [5.41, 5.74) is 1.01. The molecule has 1 unspecified atom stereocenters.